The number of carbonyl (C=O) groups excluding carboxylic acids is 2. The number of anilines is 1. The zero-order chi connectivity index (χ0) is 29.8. The molecule has 0 fully saturated rings. The first-order valence-corrected chi connectivity index (χ1v) is 14.0. The van der Waals surface area contributed by atoms with Gasteiger partial charge in [0.05, 0.1) is 17.1 Å². The van der Waals surface area contributed by atoms with E-state index in [1.54, 1.807) is 52.0 Å². The van der Waals surface area contributed by atoms with Gasteiger partial charge in [0, 0.05) is 22.1 Å². The minimum atomic E-state index is -0.661. The molecule has 3 rings (SSSR count). The molecule has 0 atom stereocenters. The predicted octanol–water partition coefficient (Wildman–Crippen LogP) is 8.42. The lowest BCUT2D eigenvalue weighted by Gasteiger charge is -2.21. The third kappa shape index (κ3) is 9.17. The molecule has 0 aromatic heterocycles. The van der Waals surface area contributed by atoms with Gasteiger partial charge < -0.3 is 19.5 Å². The number of carbonyl (C=O) groups is 2. The molecule has 2 N–H and O–H groups in total. The van der Waals surface area contributed by atoms with Crippen molar-refractivity contribution in [1.29, 1.82) is 0 Å². The van der Waals surface area contributed by atoms with Crippen LogP contribution in [0.1, 0.15) is 68.6 Å². The summed E-state index contributed by atoms with van der Waals surface area (Å²) >= 11 is 7.68. The minimum Gasteiger partial charge on any atom is -0.460 e. The van der Waals surface area contributed by atoms with E-state index in [0.717, 1.165) is 10.5 Å². The Kier molecular flexibility index (Phi) is 9.80. The van der Waals surface area contributed by atoms with Gasteiger partial charge in [-0.15, -0.1) is 0 Å². The van der Waals surface area contributed by atoms with Crippen molar-refractivity contribution < 1.29 is 23.5 Å². The van der Waals surface area contributed by atoms with E-state index in [1.165, 1.54) is 18.0 Å². The van der Waals surface area contributed by atoms with E-state index in [1.807, 2.05) is 45.9 Å². The Morgan fingerprint density at radius 1 is 0.950 bits per heavy atom. The molecule has 9 heteroatoms. The van der Waals surface area contributed by atoms with Crippen molar-refractivity contribution in [3.8, 4) is 11.5 Å². The molecule has 1 amide bonds. The van der Waals surface area contributed by atoms with Crippen LogP contribution in [0.15, 0.2) is 53.4 Å². The Morgan fingerprint density at radius 2 is 1.65 bits per heavy atom. The summed E-state index contributed by atoms with van der Waals surface area (Å²) in [6.45, 7) is 14.7. The maximum absolute atomic E-state index is 15.0. The number of nitrogens with one attached hydrogen (secondary N) is 2. The van der Waals surface area contributed by atoms with Gasteiger partial charge in [-0.05, 0) is 120 Å². The van der Waals surface area contributed by atoms with Gasteiger partial charge in [-0.1, -0.05) is 17.7 Å². The summed E-state index contributed by atoms with van der Waals surface area (Å²) in [5.41, 5.74) is 1.74. The zero-order valence-electron chi connectivity index (χ0n) is 24.1. The molecule has 0 aliphatic carbocycles. The largest absolute Gasteiger partial charge is 0.460 e. The Bertz CT molecular complexity index is 1410. The highest BCUT2D eigenvalue weighted by Crippen LogP contribution is 2.37. The van der Waals surface area contributed by atoms with Crippen LogP contribution in [0, 0.1) is 19.7 Å². The van der Waals surface area contributed by atoms with Crippen LogP contribution >= 0.6 is 23.5 Å². The summed E-state index contributed by atoms with van der Waals surface area (Å²) in [7, 11) is 0. The topological polar surface area (TPSA) is 76.7 Å². The maximum atomic E-state index is 15.0. The molecule has 0 bridgehead atoms. The van der Waals surface area contributed by atoms with Crippen molar-refractivity contribution >= 4 is 41.1 Å². The molecule has 214 valence electrons. The smallest absolute Gasteiger partial charge is 0.310 e. The standard InChI is InChI=1S/C31H36ClFN2O4S/c1-18-9-12-27(22(32)13-18)40-35-24-15-20(29(37)34-30(3,4)5)10-11-25(24)38-26-17-23(33)21(14-19(26)2)16-28(36)39-31(6,7)8/h9-15,17,35H,16H2,1-8H3,(H,34,37). The number of hydrogen-bond donors (Lipinski definition) is 2. The van der Waals surface area contributed by atoms with Gasteiger partial charge in [0.1, 0.15) is 17.2 Å². The SMILES string of the molecule is Cc1ccc(SNc2cc(C(=O)NC(C)(C)C)ccc2Oc2cc(F)c(CC(=O)OC(C)(C)C)cc2C)c(Cl)c1. The van der Waals surface area contributed by atoms with Crippen molar-refractivity contribution in [2.24, 2.45) is 0 Å². The second-order valence-electron chi connectivity index (χ2n) is 11.6. The number of halogens is 2. The van der Waals surface area contributed by atoms with Gasteiger partial charge in [0.2, 0.25) is 0 Å². The monoisotopic (exact) mass is 586 g/mol. The summed E-state index contributed by atoms with van der Waals surface area (Å²) in [4.78, 5) is 25.9. The molecule has 0 heterocycles. The first-order chi connectivity index (χ1) is 18.5. The van der Waals surface area contributed by atoms with Crippen LogP contribution in [-0.4, -0.2) is 23.0 Å². The van der Waals surface area contributed by atoms with Gasteiger partial charge in [-0.3, -0.25) is 9.59 Å². The number of hydrogen-bond acceptors (Lipinski definition) is 6. The molecule has 0 spiro atoms. The maximum Gasteiger partial charge on any atom is 0.310 e. The molecule has 0 unspecified atom stereocenters. The van der Waals surface area contributed by atoms with Crippen molar-refractivity contribution in [1.82, 2.24) is 5.32 Å². The summed E-state index contributed by atoms with van der Waals surface area (Å²) in [5.74, 6) is -0.678. The second-order valence-corrected chi connectivity index (χ2v) is 12.9. The molecule has 3 aromatic carbocycles. The molecular formula is C31H36ClFN2O4S. The third-order valence-electron chi connectivity index (χ3n) is 5.41. The summed E-state index contributed by atoms with van der Waals surface area (Å²) in [5, 5.41) is 3.53. The van der Waals surface area contributed by atoms with E-state index in [9.17, 15) is 9.59 Å². The minimum absolute atomic E-state index is 0.192. The quantitative estimate of drug-likeness (QED) is 0.204. The van der Waals surface area contributed by atoms with Crippen molar-refractivity contribution in [2.75, 3.05) is 4.72 Å². The van der Waals surface area contributed by atoms with Gasteiger partial charge >= 0.3 is 5.97 Å². The van der Waals surface area contributed by atoms with E-state index in [0.29, 0.717) is 27.6 Å². The highest BCUT2D eigenvalue weighted by Gasteiger charge is 2.21. The van der Waals surface area contributed by atoms with Gasteiger partial charge in [-0.2, -0.15) is 0 Å². The van der Waals surface area contributed by atoms with Gasteiger partial charge in [-0.25, -0.2) is 4.39 Å². The van der Waals surface area contributed by atoms with E-state index in [4.69, 9.17) is 21.1 Å². The van der Waals surface area contributed by atoms with E-state index in [2.05, 4.69) is 10.0 Å². The molecule has 0 saturated heterocycles. The van der Waals surface area contributed by atoms with E-state index < -0.39 is 22.9 Å². The number of rotatable bonds is 8. The Balaban J connectivity index is 1.91. The van der Waals surface area contributed by atoms with Crippen LogP contribution in [0.4, 0.5) is 10.1 Å². The van der Waals surface area contributed by atoms with Gasteiger partial charge in [0.15, 0.2) is 5.75 Å². The molecular weight excluding hydrogens is 551 g/mol. The van der Waals surface area contributed by atoms with Crippen LogP contribution in [0.25, 0.3) is 0 Å². The predicted molar refractivity (Wildman–Crippen MR) is 160 cm³/mol. The normalized spacial score (nSPS) is 11.7. The number of amides is 1. The number of benzene rings is 3. The molecule has 3 aromatic rings. The van der Waals surface area contributed by atoms with Crippen LogP contribution in [0.2, 0.25) is 5.02 Å². The zero-order valence-corrected chi connectivity index (χ0v) is 25.7. The lowest BCUT2D eigenvalue weighted by Crippen LogP contribution is -2.40. The fourth-order valence-corrected chi connectivity index (χ4v) is 4.69. The van der Waals surface area contributed by atoms with Crippen molar-refractivity contribution in [3.63, 3.8) is 0 Å². The molecule has 0 saturated carbocycles. The van der Waals surface area contributed by atoms with Crippen LogP contribution in [-0.2, 0) is 16.0 Å². The van der Waals surface area contributed by atoms with Crippen molar-refractivity contribution in [2.45, 2.75) is 77.8 Å². The summed E-state index contributed by atoms with van der Waals surface area (Å²) < 4.78 is 29.7. The van der Waals surface area contributed by atoms with Crippen molar-refractivity contribution in [3.05, 3.63) is 81.6 Å². The first kappa shape index (κ1) is 31.3. The van der Waals surface area contributed by atoms with E-state index in [-0.39, 0.29) is 23.6 Å². The first-order valence-electron chi connectivity index (χ1n) is 12.8. The Morgan fingerprint density at radius 3 is 2.27 bits per heavy atom. The third-order valence-corrected chi connectivity index (χ3v) is 6.73. The highest BCUT2D eigenvalue weighted by atomic mass is 35.5. The summed E-state index contributed by atoms with van der Waals surface area (Å²) in [6, 6.07) is 13.5. The Hall–Kier alpha value is -3.23. The lowest BCUT2D eigenvalue weighted by atomic mass is 10.1. The average Bonchev–Trinajstić information content (AvgIpc) is 2.80. The van der Waals surface area contributed by atoms with Crippen LogP contribution in [0.5, 0.6) is 11.5 Å². The highest BCUT2D eigenvalue weighted by molar-refractivity contribution is 8.00. The molecule has 6 nitrogen and oxygen atoms in total. The van der Waals surface area contributed by atoms with E-state index >= 15 is 4.39 Å². The second kappa shape index (κ2) is 12.5. The summed E-state index contributed by atoms with van der Waals surface area (Å²) in [6.07, 6.45) is -0.192. The lowest BCUT2D eigenvalue weighted by molar-refractivity contribution is -0.154. The number of ether oxygens (including phenoxy) is 2. The molecule has 40 heavy (non-hydrogen) atoms. The Labute approximate surface area is 245 Å². The average molecular weight is 587 g/mol. The van der Waals surface area contributed by atoms with Gasteiger partial charge in [0.25, 0.3) is 5.91 Å². The van der Waals surface area contributed by atoms with Crippen LogP contribution < -0.4 is 14.8 Å². The fraction of sp³-hybridized carbons (Fsp3) is 0.355. The fourth-order valence-electron chi connectivity index (χ4n) is 3.67. The van der Waals surface area contributed by atoms with Crippen LogP contribution in [0.3, 0.4) is 0 Å². The molecule has 0 aliphatic heterocycles. The molecule has 0 radical (unpaired) electrons. The number of esters is 1. The number of aryl methyl sites for hydroxylation is 2. The molecule has 0 aliphatic rings.